The van der Waals surface area contributed by atoms with E-state index in [4.69, 9.17) is 9.40 Å². The van der Waals surface area contributed by atoms with Crippen LogP contribution < -0.4 is 5.56 Å². The molecular formula is C31H26N4O2. The second kappa shape index (κ2) is 8.75. The van der Waals surface area contributed by atoms with Gasteiger partial charge in [0.15, 0.2) is 5.76 Å². The average Bonchev–Trinajstić information content (AvgIpc) is 3.44. The largest absolute Gasteiger partial charge is 0.453 e. The Morgan fingerprint density at radius 2 is 1.59 bits per heavy atom. The summed E-state index contributed by atoms with van der Waals surface area (Å²) < 4.78 is 9.66. The average molecular weight is 487 g/mol. The second-order valence-corrected chi connectivity index (χ2v) is 9.36. The highest BCUT2D eigenvalue weighted by Crippen LogP contribution is 2.28. The smallest absolute Gasteiger partial charge is 0.282 e. The first-order chi connectivity index (χ1) is 17.9. The van der Waals surface area contributed by atoms with Crippen LogP contribution in [0.2, 0.25) is 0 Å². The van der Waals surface area contributed by atoms with Crippen molar-refractivity contribution < 1.29 is 4.42 Å². The van der Waals surface area contributed by atoms with Gasteiger partial charge in [0.25, 0.3) is 5.56 Å². The molecule has 37 heavy (non-hydrogen) atoms. The van der Waals surface area contributed by atoms with Gasteiger partial charge in [-0.2, -0.15) is 9.78 Å². The molecule has 0 saturated carbocycles. The molecule has 0 N–H and O–H groups in total. The second-order valence-electron chi connectivity index (χ2n) is 9.36. The fourth-order valence-electron chi connectivity index (χ4n) is 5.02. The molecule has 6 rings (SSSR count). The SMILES string of the molecule is Cc1cccc(C)c1-n1c(C)cc(C=Nn2c(-c3cc4ccccc4o3)nc3ccccc3c2=O)c1C. The van der Waals surface area contributed by atoms with Crippen LogP contribution in [-0.2, 0) is 0 Å². The normalized spacial score (nSPS) is 11.8. The van der Waals surface area contributed by atoms with Crippen LogP contribution in [0.15, 0.2) is 93.2 Å². The van der Waals surface area contributed by atoms with E-state index in [1.54, 1.807) is 12.3 Å². The van der Waals surface area contributed by atoms with E-state index >= 15 is 0 Å². The van der Waals surface area contributed by atoms with Gasteiger partial charge in [0.1, 0.15) is 5.58 Å². The van der Waals surface area contributed by atoms with Crippen molar-refractivity contribution in [1.82, 2.24) is 14.2 Å². The Kier molecular flexibility index (Phi) is 5.37. The molecule has 0 saturated heterocycles. The van der Waals surface area contributed by atoms with Crippen LogP contribution in [0.5, 0.6) is 0 Å². The summed E-state index contributed by atoms with van der Waals surface area (Å²) in [5.41, 5.74) is 7.72. The fourth-order valence-corrected chi connectivity index (χ4v) is 5.02. The number of nitrogens with zero attached hydrogens (tertiary/aromatic N) is 4. The number of aromatic nitrogens is 3. The number of para-hydroxylation sites is 3. The monoisotopic (exact) mass is 486 g/mol. The minimum absolute atomic E-state index is 0.249. The molecule has 3 aromatic heterocycles. The number of hydrogen-bond donors (Lipinski definition) is 0. The Balaban J connectivity index is 1.53. The molecule has 182 valence electrons. The van der Waals surface area contributed by atoms with Gasteiger partial charge in [-0.15, -0.1) is 0 Å². The van der Waals surface area contributed by atoms with Gasteiger partial charge in [-0.3, -0.25) is 4.79 Å². The third-order valence-corrected chi connectivity index (χ3v) is 6.85. The maximum Gasteiger partial charge on any atom is 0.282 e. The minimum atomic E-state index is -0.249. The quantitative estimate of drug-likeness (QED) is 0.260. The Hall–Kier alpha value is -4.71. The van der Waals surface area contributed by atoms with Crippen molar-refractivity contribution in [3.8, 4) is 17.3 Å². The molecule has 0 aliphatic rings. The molecule has 0 radical (unpaired) electrons. The highest BCUT2D eigenvalue weighted by Gasteiger charge is 2.17. The van der Waals surface area contributed by atoms with Crippen LogP contribution in [0.1, 0.15) is 28.1 Å². The first-order valence-electron chi connectivity index (χ1n) is 12.2. The van der Waals surface area contributed by atoms with Crippen molar-refractivity contribution >= 4 is 28.1 Å². The standard InChI is InChI=1S/C31H26N4O2/c1-19-10-9-11-20(2)29(19)34-21(3)16-24(22(34)4)18-32-35-30(28-17-23-12-5-8-15-27(23)37-28)33-26-14-7-6-13-25(26)31(35)36/h5-18H,1-4H3. The Labute approximate surface area is 214 Å². The molecule has 0 fully saturated rings. The van der Waals surface area contributed by atoms with Crippen LogP contribution in [0.3, 0.4) is 0 Å². The Bertz CT molecular complexity index is 1850. The lowest BCUT2D eigenvalue weighted by molar-refractivity contribution is 0.616. The van der Waals surface area contributed by atoms with Crippen molar-refractivity contribution in [3.05, 3.63) is 117 Å². The summed E-state index contributed by atoms with van der Waals surface area (Å²) in [7, 11) is 0. The first kappa shape index (κ1) is 22.7. The van der Waals surface area contributed by atoms with Crippen LogP contribution in [0.25, 0.3) is 39.1 Å². The van der Waals surface area contributed by atoms with Crippen LogP contribution >= 0.6 is 0 Å². The lowest BCUT2D eigenvalue weighted by Gasteiger charge is -2.15. The Morgan fingerprint density at radius 1 is 0.865 bits per heavy atom. The minimum Gasteiger partial charge on any atom is -0.453 e. The van der Waals surface area contributed by atoms with E-state index in [-0.39, 0.29) is 5.56 Å². The van der Waals surface area contributed by atoms with Crippen molar-refractivity contribution in [2.24, 2.45) is 5.10 Å². The third kappa shape index (κ3) is 3.78. The predicted octanol–water partition coefficient (Wildman–Crippen LogP) is 6.72. The Morgan fingerprint density at radius 3 is 2.38 bits per heavy atom. The maximum atomic E-state index is 13.6. The molecule has 6 heteroatoms. The lowest BCUT2D eigenvalue weighted by atomic mass is 10.1. The number of fused-ring (bicyclic) bond motifs is 2. The summed E-state index contributed by atoms with van der Waals surface area (Å²) in [4.78, 5) is 18.4. The fraction of sp³-hybridized carbons (Fsp3) is 0.129. The molecule has 0 spiro atoms. The van der Waals surface area contributed by atoms with Gasteiger partial charge >= 0.3 is 0 Å². The molecule has 3 aromatic carbocycles. The highest BCUT2D eigenvalue weighted by molar-refractivity contribution is 5.85. The molecule has 6 aromatic rings. The van der Waals surface area contributed by atoms with Gasteiger partial charge in [-0.25, -0.2) is 4.98 Å². The van der Waals surface area contributed by atoms with Crippen LogP contribution in [0.4, 0.5) is 0 Å². The molecule has 0 unspecified atom stereocenters. The molecule has 6 nitrogen and oxygen atoms in total. The number of rotatable bonds is 4. The summed E-state index contributed by atoms with van der Waals surface area (Å²) >= 11 is 0. The zero-order valence-electron chi connectivity index (χ0n) is 21.2. The van der Waals surface area contributed by atoms with Gasteiger partial charge in [-0.05, 0) is 69.2 Å². The molecule has 0 aliphatic heterocycles. The number of aryl methyl sites for hydroxylation is 3. The van der Waals surface area contributed by atoms with Crippen molar-refractivity contribution in [3.63, 3.8) is 0 Å². The van der Waals surface area contributed by atoms with Gasteiger partial charge < -0.3 is 8.98 Å². The van der Waals surface area contributed by atoms with E-state index in [1.165, 1.54) is 21.5 Å². The maximum absolute atomic E-state index is 13.6. The van der Waals surface area contributed by atoms with E-state index < -0.39 is 0 Å². The summed E-state index contributed by atoms with van der Waals surface area (Å²) in [6.07, 6.45) is 1.73. The van der Waals surface area contributed by atoms with Gasteiger partial charge in [0.2, 0.25) is 5.82 Å². The zero-order chi connectivity index (χ0) is 25.7. The predicted molar refractivity (Wildman–Crippen MR) is 149 cm³/mol. The molecule has 0 atom stereocenters. The van der Waals surface area contributed by atoms with E-state index in [2.05, 4.69) is 61.6 Å². The van der Waals surface area contributed by atoms with Crippen molar-refractivity contribution in [2.45, 2.75) is 27.7 Å². The van der Waals surface area contributed by atoms with E-state index in [1.807, 2.05) is 48.5 Å². The van der Waals surface area contributed by atoms with Gasteiger partial charge in [0, 0.05) is 22.3 Å². The summed E-state index contributed by atoms with van der Waals surface area (Å²) in [6, 6.07) is 25.3. The number of furan rings is 1. The zero-order valence-corrected chi connectivity index (χ0v) is 21.2. The topological polar surface area (TPSA) is 65.3 Å². The van der Waals surface area contributed by atoms with Crippen LogP contribution in [-0.4, -0.2) is 20.4 Å². The van der Waals surface area contributed by atoms with Gasteiger partial charge in [0.05, 0.1) is 22.8 Å². The highest BCUT2D eigenvalue weighted by atomic mass is 16.3. The number of benzene rings is 3. The van der Waals surface area contributed by atoms with Crippen molar-refractivity contribution in [2.75, 3.05) is 0 Å². The van der Waals surface area contributed by atoms with E-state index in [9.17, 15) is 4.79 Å². The first-order valence-corrected chi connectivity index (χ1v) is 12.2. The number of hydrogen-bond acceptors (Lipinski definition) is 4. The lowest BCUT2D eigenvalue weighted by Crippen LogP contribution is -2.20. The summed E-state index contributed by atoms with van der Waals surface area (Å²) in [6.45, 7) is 8.39. The molecular weight excluding hydrogens is 460 g/mol. The molecule has 3 heterocycles. The molecule has 0 bridgehead atoms. The summed E-state index contributed by atoms with van der Waals surface area (Å²) in [5, 5.41) is 6.11. The van der Waals surface area contributed by atoms with Gasteiger partial charge in [-0.1, -0.05) is 48.5 Å². The van der Waals surface area contributed by atoms with E-state index in [0.29, 0.717) is 22.5 Å². The van der Waals surface area contributed by atoms with Crippen molar-refractivity contribution in [1.29, 1.82) is 0 Å². The molecule has 0 aliphatic carbocycles. The third-order valence-electron chi connectivity index (χ3n) is 6.85. The van der Waals surface area contributed by atoms with Crippen LogP contribution in [0, 0.1) is 27.7 Å². The molecule has 0 amide bonds. The van der Waals surface area contributed by atoms with E-state index in [0.717, 1.165) is 27.9 Å². The summed E-state index contributed by atoms with van der Waals surface area (Å²) in [5.74, 6) is 0.849.